The molecule has 7 heteroatoms. The fraction of sp³-hybridized carbons (Fsp3) is 0.286. The molecule has 1 aromatic rings. The average Bonchev–Trinajstić information content (AvgIpc) is 2.16. The maximum atomic E-state index is 11.0. The topological polar surface area (TPSA) is 74.8 Å². The van der Waals surface area contributed by atoms with Crippen molar-refractivity contribution in [2.24, 2.45) is 0 Å². The van der Waals surface area contributed by atoms with E-state index in [9.17, 15) is 9.59 Å². The Morgan fingerprint density at radius 1 is 1.79 bits per heavy atom. The van der Waals surface area contributed by atoms with Crippen LogP contribution in [-0.4, -0.2) is 28.0 Å². The first kappa shape index (κ1) is 11.1. The van der Waals surface area contributed by atoms with E-state index in [1.54, 1.807) is 6.26 Å². The molecule has 0 spiro atoms. The van der Waals surface area contributed by atoms with Crippen molar-refractivity contribution in [3.05, 3.63) is 16.4 Å². The highest BCUT2D eigenvalue weighted by Gasteiger charge is 2.03. The van der Waals surface area contributed by atoms with Crippen molar-refractivity contribution in [1.29, 1.82) is 0 Å². The van der Waals surface area contributed by atoms with E-state index in [-0.39, 0.29) is 17.3 Å². The number of hydrogen-bond donors (Lipinski definition) is 2. The van der Waals surface area contributed by atoms with Crippen LogP contribution in [0.4, 0.5) is 5.82 Å². The summed E-state index contributed by atoms with van der Waals surface area (Å²) < 4.78 is 0. The lowest BCUT2D eigenvalue weighted by atomic mass is 10.5. The number of aromatic amines is 1. The Kier molecular flexibility index (Phi) is 3.97. The smallest absolute Gasteiger partial charge is 0.253 e. The Morgan fingerprint density at radius 2 is 2.50 bits per heavy atom. The lowest BCUT2D eigenvalue weighted by Gasteiger charge is -2.02. The second kappa shape index (κ2) is 5.02. The first-order valence-corrected chi connectivity index (χ1v) is 5.43. The van der Waals surface area contributed by atoms with Gasteiger partial charge in [-0.05, 0) is 6.26 Å². The number of rotatable bonds is 3. The molecular weight excluding hydrogens is 226 g/mol. The number of anilines is 1. The molecule has 76 valence electrons. The van der Waals surface area contributed by atoms with Crippen molar-refractivity contribution in [1.82, 2.24) is 9.97 Å². The maximum Gasteiger partial charge on any atom is 0.253 e. The summed E-state index contributed by atoms with van der Waals surface area (Å²) in [5, 5.41) is 2.84. The van der Waals surface area contributed by atoms with Gasteiger partial charge in [0, 0.05) is 6.07 Å². The molecule has 1 heterocycles. The molecule has 0 bridgehead atoms. The monoisotopic (exact) mass is 233 g/mol. The molecule has 0 radical (unpaired) electrons. The quantitative estimate of drug-likeness (QED) is 0.457. The zero-order chi connectivity index (χ0) is 10.6. The normalized spacial score (nSPS) is 9.86. The van der Waals surface area contributed by atoms with Crippen LogP contribution in [0.1, 0.15) is 0 Å². The number of thioether (sulfide) groups is 1. The van der Waals surface area contributed by atoms with Gasteiger partial charge in [-0.1, -0.05) is 11.8 Å². The highest BCUT2D eigenvalue weighted by Crippen LogP contribution is 2.08. The van der Waals surface area contributed by atoms with E-state index in [1.165, 1.54) is 17.8 Å². The predicted molar refractivity (Wildman–Crippen MR) is 56.0 cm³/mol. The molecule has 0 aliphatic heterocycles. The van der Waals surface area contributed by atoms with E-state index in [2.05, 4.69) is 15.3 Å². The van der Waals surface area contributed by atoms with Crippen molar-refractivity contribution in [3.63, 3.8) is 0 Å². The average molecular weight is 234 g/mol. The third-order valence-corrected chi connectivity index (χ3v) is 2.12. The van der Waals surface area contributed by atoms with Gasteiger partial charge in [0.15, 0.2) is 5.16 Å². The summed E-state index contributed by atoms with van der Waals surface area (Å²) in [6.07, 6.45) is 1.77. The number of alkyl halides is 1. The third-order valence-electron chi connectivity index (χ3n) is 1.30. The van der Waals surface area contributed by atoms with Crippen LogP contribution in [-0.2, 0) is 4.79 Å². The fourth-order valence-corrected chi connectivity index (χ4v) is 1.23. The van der Waals surface area contributed by atoms with Crippen LogP contribution in [0.5, 0.6) is 0 Å². The first-order valence-electron chi connectivity index (χ1n) is 3.67. The number of H-pyrrole nitrogens is 1. The summed E-state index contributed by atoms with van der Waals surface area (Å²) in [5.74, 6) is -0.344. The Hall–Kier alpha value is -1.01. The van der Waals surface area contributed by atoms with Crippen molar-refractivity contribution >= 4 is 35.1 Å². The van der Waals surface area contributed by atoms with Gasteiger partial charge in [0.25, 0.3) is 5.56 Å². The third kappa shape index (κ3) is 3.04. The van der Waals surface area contributed by atoms with Gasteiger partial charge in [-0.15, -0.1) is 11.6 Å². The summed E-state index contributed by atoms with van der Waals surface area (Å²) in [6.45, 7) is 0. The lowest BCUT2D eigenvalue weighted by Crippen LogP contribution is -2.17. The summed E-state index contributed by atoms with van der Waals surface area (Å²) >= 11 is 6.57. The van der Waals surface area contributed by atoms with Crippen molar-refractivity contribution in [2.75, 3.05) is 17.5 Å². The molecule has 0 aliphatic carbocycles. The van der Waals surface area contributed by atoms with E-state index in [0.29, 0.717) is 5.16 Å². The van der Waals surface area contributed by atoms with Crippen molar-refractivity contribution in [3.8, 4) is 0 Å². The molecule has 0 unspecified atom stereocenters. The van der Waals surface area contributed by atoms with Gasteiger partial charge in [-0.25, -0.2) is 4.98 Å². The second-order valence-corrected chi connectivity index (χ2v) is 3.38. The first-order chi connectivity index (χ1) is 6.65. The van der Waals surface area contributed by atoms with E-state index in [0.717, 1.165) is 0 Å². The van der Waals surface area contributed by atoms with E-state index in [4.69, 9.17) is 11.6 Å². The van der Waals surface area contributed by atoms with Gasteiger partial charge in [-0.3, -0.25) is 9.59 Å². The largest absolute Gasteiger partial charge is 0.309 e. The van der Waals surface area contributed by atoms with E-state index in [1.807, 2.05) is 0 Å². The Balaban J connectivity index is 2.92. The highest BCUT2D eigenvalue weighted by molar-refractivity contribution is 7.98. The molecular formula is C7H8ClN3O2S. The minimum absolute atomic E-state index is 0.164. The van der Waals surface area contributed by atoms with Crippen molar-refractivity contribution in [2.45, 2.75) is 5.16 Å². The van der Waals surface area contributed by atoms with Crippen LogP contribution in [0.3, 0.4) is 0 Å². The number of amides is 1. The summed E-state index contributed by atoms with van der Waals surface area (Å²) in [7, 11) is 0. The molecule has 5 nitrogen and oxygen atoms in total. The summed E-state index contributed by atoms with van der Waals surface area (Å²) in [6, 6.07) is 1.20. The number of aromatic nitrogens is 2. The van der Waals surface area contributed by atoms with Gasteiger partial charge in [0.1, 0.15) is 11.7 Å². The van der Waals surface area contributed by atoms with E-state index >= 15 is 0 Å². The SMILES string of the molecule is CSc1nc(NC(=O)CCl)cc(=O)[nH]1. The number of hydrogen-bond acceptors (Lipinski definition) is 4. The Labute approximate surface area is 89.3 Å². The second-order valence-electron chi connectivity index (χ2n) is 2.32. The molecule has 0 aliphatic rings. The molecule has 0 fully saturated rings. The molecule has 1 aromatic heterocycles. The summed E-state index contributed by atoms with van der Waals surface area (Å²) in [5.41, 5.74) is -0.311. The number of nitrogens with one attached hydrogen (secondary N) is 2. The van der Waals surface area contributed by atoms with Crippen molar-refractivity contribution < 1.29 is 4.79 Å². The molecule has 1 rings (SSSR count). The maximum absolute atomic E-state index is 11.0. The molecule has 2 N–H and O–H groups in total. The zero-order valence-corrected chi connectivity index (χ0v) is 8.91. The Morgan fingerprint density at radius 3 is 3.07 bits per heavy atom. The lowest BCUT2D eigenvalue weighted by molar-refractivity contribution is -0.113. The van der Waals surface area contributed by atoms with Crippen LogP contribution >= 0.6 is 23.4 Å². The standard InChI is InChI=1S/C7H8ClN3O2S/c1-14-7-10-4(2-5(12)11-7)9-6(13)3-8/h2H,3H2,1H3,(H2,9,10,11,12,13). The fourth-order valence-electron chi connectivity index (χ4n) is 0.772. The molecule has 0 aromatic carbocycles. The molecule has 14 heavy (non-hydrogen) atoms. The van der Waals surface area contributed by atoms with Crippen LogP contribution < -0.4 is 10.9 Å². The Bertz CT molecular complexity index is 393. The molecule has 1 amide bonds. The molecule has 0 saturated heterocycles. The molecule has 0 saturated carbocycles. The van der Waals surface area contributed by atoms with Gasteiger partial charge >= 0.3 is 0 Å². The van der Waals surface area contributed by atoms with E-state index < -0.39 is 5.91 Å². The van der Waals surface area contributed by atoms with Gasteiger partial charge < -0.3 is 10.3 Å². The minimum atomic E-state index is -0.392. The summed E-state index contributed by atoms with van der Waals surface area (Å²) in [4.78, 5) is 28.4. The number of carbonyl (C=O) groups excluding carboxylic acids is 1. The van der Waals surface area contributed by atoms with Crippen LogP contribution in [0.2, 0.25) is 0 Å². The number of nitrogens with zero attached hydrogens (tertiary/aromatic N) is 1. The number of halogens is 1. The number of carbonyl (C=O) groups is 1. The minimum Gasteiger partial charge on any atom is -0.309 e. The van der Waals surface area contributed by atoms with Crippen LogP contribution in [0, 0.1) is 0 Å². The predicted octanol–water partition coefficient (Wildman–Crippen LogP) is 0.669. The van der Waals surface area contributed by atoms with Crippen LogP contribution in [0.15, 0.2) is 16.0 Å². The van der Waals surface area contributed by atoms with Gasteiger partial charge in [0.05, 0.1) is 0 Å². The highest BCUT2D eigenvalue weighted by atomic mass is 35.5. The van der Waals surface area contributed by atoms with Gasteiger partial charge in [0.2, 0.25) is 5.91 Å². The molecule has 0 atom stereocenters. The van der Waals surface area contributed by atoms with Gasteiger partial charge in [-0.2, -0.15) is 0 Å². The zero-order valence-electron chi connectivity index (χ0n) is 7.33. The van der Waals surface area contributed by atoms with Crippen LogP contribution in [0.25, 0.3) is 0 Å².